The lowest BCUT2D eigenvalue weighted by molar-refractivity contribution is 0.261. The first-order valence-electron chi connectivity index (χ1n) is 4.42. The minimum Gasteiger partial charge on any atom is -0.316 e. The normalized spacial score (nSPS) is 31.3. The van der Waals surface area contributed by atoms with Crippen molar-refractivity contribution in [2.45, 2.75) is 26.2 Å². The van der Waals surface area contributed by atoms with Crippen molar-refractivity contribution in [2.24, 2.45) is 11.8 Å². The lowest BCUT2D eigenvalue weighted by Gasteiger charge is -2.28. The van der Waals surface area contributed by atoms with Gasteiger partial charge in [0.2, 0.25) is 0 Å². The second kappa shape index (κ2) is 4.35. The third kappa shape index (κ3) is 2.51. The standard InChI is InChI=1S/C9H16N2/c1-8-7-11-6-4-9(8)3-2-5-10/h8-9,11H,2-4,6-7H2,1H3/t8-,9?/m0/s1. The van der Waals surface area contributed by atoms with Gasteiger partial charge >= 0.3 is 0 Å². The molecule has 2 atom stereocenters. The van der Waals surface area contributed by atoms with E-state index in [-0.39, 0.29) is 0 Å². The number of nitrogens with one attached hydrogen (secondary N) is 1. The number of hydrogen-bond acceptors (Lipinski definition) is 2. The van der Waals surface area contributed by atoms with Crippen LogP contribution < -0.4 is 5.32 Å². The molecule has 1 aliphatic heterocycles. The highest BCUT2D eigenvalue weighted by atomic mass is 14.9. The van der Waals surface area contributed by atoms with Crippen molar-refractivity contribution in [1.29, 1.82) is 5.26 Å². The van der Waals surface area contributed by atoms with Gasteiger partial charge in [0.25, 0.3) is 0 Å². The summed E-state index contributed by atoms with van der Waals surface area (Å²) in [5.74, 6) is 1.55. The molecule has 0 aromatic heterocycles. The molecule has 2 heteroatoms. The Morgan fingerprint density at radius 2 is 2.45 bits per heavy atom. The van der Waals surface area contributed by atoms with E-state index in [2.05, 4.69) is 18.3 Å². The molecule has 1 fully saturated rings. The van der Waals surface area contributed by atoms with Crippen molar-refractivity contribution in [3.63, 3.8) is 0 Å². The van der Waals surface area contributed by atoms with Gasteiger partial charge in [-0.15, -0.1) is 0 Å². The van der Waals surface area contributed by atoms with Gasteiger partial charge in [-0.25, -0.2) is 0 Å². The highest BCUT2D eigenvalue weighted by Gasteiger charge is 2.19. The summed E-state index contributed by atoms with van der Waals surface area (Å²) in [6, 6.07) is 2.22. The fourth-order valence-corrected chi connectivity index (χ4v) is 1.75. The van der Waals surface area contributed by atoms with Gasteiger partial charge in [0.05, 0.1) is 6.07 Å². The molecule has 0 saturated carbocycles. The minimum atomic E-state index is 0.731. The van der Waals surface area contributed by atoms with Gasteiger partial charge in [0.15, 0.2) is 0 Å². The summed E-state index contributed by atoms with van der Waals surface area (Å²) in [7, 11) is 0. The second-order valence-corrected chi connectivity index (χ2v) is 3.43. The van der Waals surface area contributed by atoms with E-state index in [1.165, 1.54) is 6.42 Å². The van der Waals surface area contributed by atoms with Crippen LogP contribution in [0.25, 0.3) is 0 Å². The van der Waals surface area contributed by atoms with Crippen LogP contribution >= 0.6 is 0 Å². The molecule has 62 valence electrons. The Morgan fingerprint density at radius 1 is 1.64 bits per heavy atom. The Hall–Kier alpha value is -0.550. The van der Waals surface area contributed by atoms with Crippen LogP contribution in [0.4, 0.5) is 0 Å². The zero-order chi connectivity index (χ0) is 8.10. The van der Waals surface area contributed by atoms with Gasteiger partial charge in [-0.1, -0.05) is 6.92 Å². The molecular weight excluding hydrogens is 136 g/mol. The van der Waals surface area contributed by atoms with Crippen LogP contribution in [0.15, 0.2) is 0 Å². The van der Waals surface area contributed by atoms with Crippen LogP contribution in [0.5, 0.6) is 0 Å². The molecule has 1 N–H and O–H groups in total. The minimum absolute atomic E-state index is 0.731. The zero-order valence-corrected chi connectivity index (χ0v) is 7.14. The molecule has 0 radical (unpaired) electrons. The summed E-state index contributed by atoms with van der Waals surface area (Å²) in [6.07, 6.45) is 3.08. The topological polar surface area (TPSA) is 35.8 Å². The van der Waals surface area contributed by atoms with E-state index >= 15 is 0 Å². The van der Waals surface area contributed by atoms with Crippen molar-refractivity contribution in [3.05, 3.63) is 0 Å². The molecule has 2 nitrogen and oxygen atoms in total. The molecule has 1 unspecified atom stereocenters. The first-order chi connectivity index (χ1) is 5.34. The van der Waals surface area contributed by atoms with Crippen molar-refractivity contribution in [2.75, 3.05) is 13.1 Å². The molecule has 1 saturated heterocycles. The number of piperidine rings is 1. The largest absolute Gasteiger partial charge is 0.316 e. The van der Waals surface area contributed by atoms with E-state index in [4.69, 9.17) is 5.26 Å². The van der Waals surface area contributed by atoms with Crippen LogP contribution in [0.3, 0.4) is 0 Å². The molecule has 0 aliphatic carbocycles. The van der Waals surface area contributed by atoms with Crippen LogP contribution in [0, 0.1) is 23.2 Å². The fraction of sp³-hybridized carbons (Fsp3) is 0.889. The first-order valence-corrected chi connectivity index (χ1v) is 4.42. The molecule has 0 bridgehead atoms. The van der Waals surface area contributed by atoms with Crippen molar-refractivity contribution < 1.29 is 0 Å². The lowest BCUT2D eigenvalue weighted by atomic mass is 9.85. The van der Waals surface area contributed by atoms with Crippen molar-refractivity contribution >= 4 is 0 Å². The van der Waals surface area contributed by atoms with Crippen LogP contribution in [-0.4, -0.2) is 13.1 Å². The van der Waals surface area contributed by atoms with Crippen molar-refractivity contribution in [1.82, 2.24) is 5.32 Å². The molecule has 0 amide bonds. The van der Waals surface area contributed by atoms with Gasteiger partial charge in [-0.2, -0.15) is 5.26 Å². The molecule has 0 aromatic carbocycles. The van der Waals surface area contributed by atoms with E-state index in [1.807, 2.05) is 0 Å². The Bertz CT molecular complexity index is 148. The van der Waals surface area contributed by atoms with Crippen LogP contribution in [-0.2, 0) is 0 Å². The summed E-state index contributed by atoms with van der Waals surface area (Å²) < 4.78 is 0. The molecule has 0 spiro atoms. The SMILES string of the molecule is C[C@H]1CNCCC1CCC#N. The Labute approximate surface area is 68.6 Å². The van der Waals surface area contributed by atoms with E-state index in [0.29, 0.717) is 0 Å². The molecular formula is C9H16N2. The average molecular weight is 152 g/mol. The highest BCUT2D eigenvalue weighted by molar-refractivity contribution is 4.79. The first kappa shape index (κ1) is 8.55. The van der Waals surface area contributed by atoms with Crippen LogP contribution in [0.1, 0.15) is 26.2 Å². The third-order valence-electron chi connectivity index (χ3n) is 2.59. The lowest BCUT2D eigenvalue weighted by Crippen LogP contribution is -2.34. The summed E-state index contributed by atoms with van der Waals surface area (Å²) in [6.45, 7) is 4.55. The molecule has 1 aliphatic rings. The summed E-state index contributed by atoms with van der Waals surface area (Å²) >= 11 is 0. The maximum Gasteiger partial charge on any atom is 0.0621 e. The number of nitriles is 1. The quantitative estimate of drug-likeness (QED) is 0.651. The predicted molar refractivity (Wildman–Crippen MR) is 45.0 cm³/mol. The fourth-order valence-electron chi connectivity index (χ4n) is 1.75. The number of nitrogens with zero attached hydrogens (tertiary/aromatic N) is 1. The molecule has 1 rings (SSSR count). The van der Waals surface area contributed by atoms with E-state index < -0.39 is 0 Å². The zero-order valence-electron chi connectivity index (χ0n) is 7.14. The number of rotatable bonds is 2. The maximum atomic E-state index is 8.42. The summed E-state index contributed by atoms with van der Waals surface area (Å²) in [4.78, 5) is 0. The Balaban J connectivity index is 2.25. The second-order valence-electron chi connectivity index (χ2n) is 3.43. The summed E-state index contributed by atoms with van der Waals surface area (Å²) in [5, 5.41) is 11.8. The predicted octanol–water partition coefficient (Wildman–Crippen LogP) is 1.54. The highest BCUT2D eigenvalue weighted by Crippen LogP contribution is 2.22. The molecule has 11 heavy (non-hydrogen) atoms. The maximum absolute atomic E-state index is 8.42. The van der Waals surface area contributed by atoms with E-state index in [0.717, 1.165) is 37.8 Å². The van der Waals surface area contributed by atoms with Gasteiger partial charge in [0, 0.05) is 6.42 Å². The van der Waals surface area contributed by atoms with Crippen LogP contribution in [0.2, 0.25) is 0 Å². The van der Waals surface area contributed by atoms with Gasteiger partial charge in [-0.3, -0.25) is 0 Å². The smallest absolute Gasteiger partial charge is 0.0621 e. The molecule has 0 aromatic rings. The Morgan fingerprint density at radius 3 is 3.09 bits per heavy atom. The molecule has 1 heterocycles. The monoisotopic (exact) mass is 152 g/mol. The average Bonchev–Trinajstić information content (AvgIpc) is 2.03. The number of hydrogen-bond donors (Lipinski definition) is 1. The van der Waals surface area contributed by atoms with E-state index in [9.17, 15) is 0 Å². The van der Waals surface area contributed by atoms with E-state index in [1.54, 1.807) is 0 Å². The van der Waals surface area contributed by atoms with Crippen molar-refractivity contribution in [3.8, 4) is 6.07 Å². The summed E-state index contributed by atoms with van der Waals surface area (Å²) in [5.41, 5.74) is 0. The van der Waals surface area contributed by atoms with Gasteiger partial charge < -0.3 is 5.32 Å². The van der Waals surface area contributed by atoms with Gasteiger partial charge in [-0.05, 0) is 37.8 Å². The Kier molecular flexibility index (Phi) is 3.38. The van der Waals surface area contributed by atoms with Gasteiger partial charge in [0.1, 0.15) is 0 Å². The third-order valence-corrected chi connectivity index (χ3v) is 2.59.